The molecule has 2 aliphatic heterocycles. The molecule has 108 valence electrons. The van der Waals surface area contributed by atoms with Gasteiger partial charge in [-0.05, 0) is 67.4 Å². The van der Waals surface area contributed by atoms with Crippen molar-refractivity contribution < 1.29 is 4.79 Å². The van der Waals surface area contributed by atoms with Crippen molar-refractivity contribution in [3.05, 3.63) is 34.9 Å². The Bertz CT molecular complexity index is 502. The lowest BCUT2D eigenvalue weighted by Crippen LogP contribution is -2.46. The Balaban J connectivity index is 1.91. The number of hydrogen-bond donors (Lipinski definition) is 0. The van der Waals surface area contributed by atoms with Crippen LogP contribution in [-0.4, -0.2) is 29.3 Å². The van der Waals surface area contributed by atoms with E-state index in [4.69, 9.17) is 23.2 Å². The summed E-state index contributed by atoms with van der Waals surface area (Å²) in [4.78, 5) is 13.9. The smallest absolute Gasteiger partial charge is 0.221 e. The highest BCUT2D eigenvalue weighted by Gasteiger charge is 2.46. The summed E-state index contributed by atoms with van der Waals surface area (Å²) in [6.45, 7) is 0. The SMILES string of the molecule is CN1[C@H]2CC[C@@H]1C(CC(=O)Cl)[C@@H](c1ccc(Cl)cc1)C2. The van der Waals surface area contributed by atoms with Gasteiger partial charge in [0, 0.05) is 23.5 Å². The van der Waals surface area contributed by atoms with Gasteiger partial charge in [-0.15, -0.1) is 0 Å². The molecule has 0 radical (unpaired) electrons. The van der Waals surface area contributed by atoms with E-state index in [2.05, 4.69) is 24.1 Å². The highest BCUT2D eigenvalue weighted by atomic mass is 35.5. The molecule has 1 unspecified atom stereocenters. The molecule has 4 atom stereocenters. The molecule has 0 amide bonds. The molecule has 0 aliphatic carbocycles. The number of carbonyl (C=O) groups is 1. The minimum Gasteiger partial charge on any atom is -0.300 e. The Morgan fingerprint density at radius 1 is 1.30 bits per heavy atom. The van der Waals surface area contributed by atoms with Crippen molar-refractivity contribution in [1.82, 2.24) is 4.90 Å². The van der Waals surface area contributed by atoms with Crippen LogP contribution in [0.4, 0.5) is 0 Å². The highest BCUT2D eigenvalue weighted by Crippen LogP contribution is 2.47. The first kappa shape index (κ1) is 14.4. The molecule has 2 bridgehead atoms. The summed E-state index contributed by atoms with van der Waals surface area (Å²) in [7, 11) is 2.19. The summed E-state index contributed by atoms with van der Waals surface area (Å²) in [5.74, 6) is 0.744. The second kappa shape index (κ2) is 5.67. The van der Waals surface area contributed by atoms with E-state index in [1.807, 2.05) is 12.1 Å². The van der Waals surface area contributed by atoms with E-state index in [-0.39, 0.29) is 5.24 Å². The van der Waals surface area contributed by atoms with E-state index in [0.29, 0.717) is 30.3 Å². The third-order valence-electron chi connectivity index (χ3n) is 5.13. The molecule has 0 spiro atoms. The van der Waals surface area contributed by atoms with Crippen LogP contribution in [0.3, 0.4) is 0 Å². The molecule has 0 N–H and O–H groups in total. The van der Waals surface area contributed by atoms with Gasteiger partial charge in [-0.2, -0.15) is 0 Å². The van der Waals surface area contributed by atoms with Gasteiger partial charge in [0.15, 0.2) is 0 Å². The lowest BCUT2D eigenvalue weighted by molar-refractivity contribution is -0.113. The fourth-order valence-electron chi connectivity index (χ4n) is 4.13. The summed E-state index contributed by atoms with van der Waals surface area (Å²) >= 11 is 11.7. The van der Waals surface area contributed by atoms with Crippen LogP contribution >= 0.6 is 23.2 Å². The number of hydrogen-bond acceptors (Lipinski definition) is 2. The summed E-state index contributed by atoms with van der Waals surface area (Å²) in [5, 5.41) is 0.544. The van der Waals surface area contributed by atoms with Crippen LogP contribution in [0, 0.1) is 5.92 Å². The number of rotatable bonds is 3. The predicted octanol–water partition coefficient (Wildman–Crippen LogP) is 4.06. The first-order chi connectivity index (χ1) is 9.56. The van der Waals surface area contributed by atoms with Crippen molar-refractivity contribution in [3.8, 4) is 0 Å². The van der Waals surface area contributed by atoms with E-state index in [1.165, 1.54) is 18.4 Å². The molecule has 1 aromatic carbocycles. The van der Waals surface area contributed by atoms with Crippen molar-refractivity contribution >= 4 is 28.4 Å². The normalized spacial score (nSPS) is 33.4. The van der Waals surface area contributed by atoms with Gasteiger partial charge in [-0.25, -0.2) is 0 Å². The Morgan fingerprint density at radius 2 is 2.00 bits per heavy atom. The molecule has 20 heavy (non-hydrogen) atoms. The van der Waals surface area contributed by atoms with Gasteiger partial charge in [0.1, 0.15) is 0 Å². The summed E-state index contributed by atoms with van der Waals surface area (Å²) < 4.78 is 0. The maximum Gasteiger partial charge on any atom is 0.221 e. The van der Waals surface area contributed by atoms with Crippen LogP contribution in [0.2, 0.25) is 5.02 Å². The Labute approximate surface area is 130 Å². The molecule has 3 rings (SSSR count). The molecule has 2 aliphatic rings. The van der Waals surface area contributed by atoms with Crippen molar-refractivity contribution in [2.75, 3.05) is 7.05 Å². The lowest BCUT2D eigenvalue weighted by Gasteiger charge is -2.43. The zero-order valence-electron chi connectivity index (χ0n) is 11.6. The quantitative estimate of drug-likeness (QED) is 0.785. The van der Waals surface area contributed by atoms with Gasteiger partial charge in [0.05, 0.1) is 0 Å². The monoisotopic (exact) mass is 311 g/mol. The summed E-state index contributed by atoms with van der Waals surface area (Å²) in [5.41, 5.74) is 1.29. The number of carbonyl (C=O) groups excluding carboxylic acids is 1. The van der Waals surface area contributed by atoms with Gasteiger partial charge in [-0.1, -0.05) is 23.7 Å². The zero-order chi connectivity index (χ0) is 14.3. The number of fused-ring (bicyclic) bond motifs is 2. The second-order valence-electron chi connectivity index (χ2n) is 6.08. The Kier molecular flexibility index (Phi) is 4.07. The Hall–Kier alpha value is -0.570. The number of piperidine rings is 1. The molecule has 4 heteroatoms. The van der Waals surface area contributed by atoms with Crippen LogP contribution in [-0.2, 0) is 4.79 Å². The van der Waals surface area contributed by atoms with Crippen LogP contribution in [0.25, 0.3) is 0 Å². The van der Waals surface area contributed by atoms with Gasteiger partial charge >= 0.3 is 0 Å². The molecule has 2 saturated heterocycles. The van der Waals surface area contributed by atoms with E-state index in [9.17, 15) is 4.79 Å². The minimum atomic E-state index is -0.215. The van der Waals surface area contributed by atoms with Crippen LogP contribution < -0.4 is 0 Å². The topological polar surface area (TPSA) is 20.3 Å². The molecule has 0 saturated carbocycles. The van der Waals surface area contributed by atoms with E-state index in [0.717, 1.165) is 11.4 Å². The van der Waals surface area contributed by atoms with Gasteiger partial charge in [0.25, 0.3) is 0 Å². The van der Waals surface area contributed by atoms with Gasteiger partial charge < -0.3 is 4.90 Å². The van der Waals surface area contributed by atoms with Crippen molar-refractivity contribution in [3.63, 3.8) is 0 Å². The standard InChI is InChI=1S/C16H19Cl2NO/c1-19-12-6-7-15(19)14(9-16(18)20)13(8-12)10-2-4-11(17)5-3-10/h2-5,12-15H,6-9H2,1H3/t12-,13+,14?,15+/m0/s1. The fourth-order valence-corrected chi connectivity index (χ4v) is 4.44. The third kappa shape index (κ3) is 2.61. The predicted molar refractivity (Wildman–Crippen MR) is 82.4 cm³/mol. The highest BCUT2D eigenvalue weighted by molar-refractivity contribution is 6.63. The second-order valence-corrected chi connectivity index (χ2v) is 6.94. The van der Waals surface area contributed by atoms with Gasteiger partial charge in [-0.3, -0.25) is 4.79 Å². The molecular weight excluding hydrogens is 293 g/mol. The first-order valence-corrected chi connectivity index (χ1v) is 7.97. The maximum absolute atomic E-state index is 11.5. The lowest BCUT2D eigenvalue weighted by atomic mass is 9.75. The molecule has 2 heterocycles. The molecule has 2 fully saturated rings. The van der Waals surface area contributed by atoms with Crippen LogP contribution in [0.1, 0.15) is 37.2 Å². The van der Waals surface area contributed by atoms with E-state index >= 15 is 0 Å². The largest absolute Gasteiger partial charge is 0.300 e. The van der Waals surface area contributed by atoms with Crippen LogP contribution in [0.15, 0.2) is 24.3 Å². The summed E-state index contributed by atoms with van der Waals surface area (Å²) in [6, 6.07) is 9.21. The number of halogens is 2. The molecular formula is C16H19Cl2NO. The third-order valence-corrected chi connectivity index (χ3v) is 5.53. The average Bonchev–Trinajstić information content (AvgIpc) is 2.65. The Morgan fingerprint density at radius 3 is 2.65 bits per heavy atom. The maximum atomic E-state index is 11.5. The van der Waals surface area contributed by atoms with Crippen molar-refractivity contribution in [2.45, 2.75) is 43.7 Å². The number of benzene rings is 1. The zero-order valence-corrected chi connectivity index (χ0v) is 13.1. The van der Waals surface area contributed by atoms with Crippen LogP contribution in [0.5, 0.6) is 0 Å². The van der Waals surface area contributed by atoms with Crippen molar-refractivity contribution in [1.29, 1.82) is 0 Å². The first-order valence-electron chi connectivity index (χ1n) is 7.22. The molecule has 0 aromatic heterocycles. The fraction of sp³-hybridized carbons (Fsp3) is 0.562. The van der Waals surface area contributed by atoms with Gasteiger partial charge in [0.2, 0.25) is 5.24 Å². The van der Waals surface area contributed by atoms with E-state index < -0.39 is 0 Å². The number of nitrogens with zero attached hydrogens (tertiary/aromatic N) is 1. The molecule has 1 aromatic rings. The average molecular weight is 312 g/mol. The summed E-state index contributed by atoms with van der Waals surface area (Å²) in [6.07, 6.45) is 4.00. The minimum absolute atomic E-state index is 0.215. The van der Waals surface area contributed by atoms with Crippen molar-refractivity contribution in [2.24, 2.45) is 5.92 Å². The van der Waals surface area contributed by atoms with E-state index in [1.54, 1.807) is 0 Å². The molecule has 2 nitrogen and oxygen atoms in total.